The molecule has 0 radical (unpaired) electrons. The van der Waals surface area contributed by atoms with E-state index in [4.69, 9.17) is 11.6 Å². The van der Waals surface area contributed by atoms with Gasteiger partial charge in [-0.1, -0.05) is 11.6 Å². The molecule has 0 saturated carbocycles. The molecule has 1 N–H and O–H groups in total. The van der Waals surface area contributed by atoms with Crippen LogP contribution in [0.3, 0.4) is 0 Å². The van der Waals surface area contributed by atoms with Gasteiger partial charge in [-0.25, -0.2) is 4.98 Å². The fourth-order valence-electron chi connectivity index (χ4n) is 1.00. The lowest BCUT2D eigenvalue weighted by Gasteiger charge is -1.93. The van der Waals surface area contributed by atoms with Gasteiger partial charge in [0.05, 0.1) is 5.02 Å². The number of aldehydes is 1. The van der Waals surface area contributed by atoms with E-state index in [0.717, 1.165) is 3.70 Å². The van der Waals surface area contributed by atoms with Gasteiger partial charge in [-0.3, -0.25) is 9.89 Å². The highest BCUT2D eigenvalue weighted by Gasteiger charge is 2.09. The lowest BCUT2D eigenvalue weighted by Crippen LogP contribution is -1.87. The molecule has 6 heteroatoms. The van der Waals surface area contributed by atoms with Crippen molar-refractivity contribution in [3.63, 3.8) is 0 Å². The number of aromatic nitrogens is 3. The van der Waals surface area contributed by atoms with Gasteiger partial charge in [-0.05, 0) is 28.7 Å². The van der Waals surface area contributed by atoms with E-state index in [9.17, 15) is 4.79 Å². The van der Waals surface area contributed by atoms with E-state index in [-0.39, 0.29) is 0 Å². The molecule has 2 aromatic heterocycles. The maximum absolute atomic E-state index is 10.5. The zero-order valence-electron chi connectivity index (χ0n) is 6.21. The summed E-state index contributed by atoms with van der Waals surface area (Å²) >= 11 is 7.92. The minimum Gasteiger partial charge on any atom is -0.296 e. The second-order valence-corrected chi connectivity index (χ2v) is 3.87. The third-order valence-corrected chi connectivity index (χ3v) is 2.60. The Morgan fingerprint density at radius 3 is 3.00 bits per heavy atom. The van der Waals surface area contributed by atoms with Gasteiger partial charge < -0.3 is 0 Å². The highest BCUT2D eigenvalue weighted by molar-refractivity contribution is 14.1. The third-order valence-electron chi connectivity index (χ3n) is 1.56. The summed E-state index contributed by atoms with van der Waals surface area (Å²) < 4.78 is 0.776. The van der Waals surface area contributed by atoms with E-state index < -0.39 is 0 Å². The van der Waals surface area contributed by atoms with Gasteiger partial charge in [-0.2, -0.15) is 5.10 Å². The summed E-state index contributed by atoms with van der Waals surface area (Å²) in [5, 5.41) is 7.13. The van der Waals surface area contributed by atoms with Crippen LogP contribution >= 0.6 is 34.2 Å². The number of aromatic amines is 1. The summed E-state index contributed by atoms with van der Waals surface area (Å²) in [7, 11) is 0. The molecule has 0 bridgehead atoms. The first-order valence-electron chi connectivity index (χ1n) is 3.37. The van der Waals surface area contributed by atoms with Gasteiger partial charge in [0.2, 0.25) is 0 Å². The molecule has 0 amide bonds. The van der Waals surface area contributed by atoms with Crippen LogP contribution in [0.4, 0.5) is 0 Å². The molecule has 0 atom stereocenters. The van der Waals surface area contributed by atoms with Crippen molar-refractivity contribution in [3.8, 4) is 0 Å². The van der Waals surface area contributed by atoms with Gasteiger partial charge in [0.1, 0.15) is 20.4 Å². The number of nitrogens with zero attached hydrogens (tertiary/aromatic N) is 2. The number of halogens is 2. The predicted molar refractivity (Wildman–Crippen MR) is 57.0 cm³/mol. The number of fused-ring (bicyclic) bond motifs is 1. The first-order valence-corrected chi connectivity index (χ1v) is 4.83. The van der Waals surface area contributed by atoms with E-state index in [1.54, 1.807) is 0 Å². The standard InChI is InChI=1S/C7H3ClIN3O/c8-4-1-3(2-13)10-6-5(4)11-12-7(6)9/h1-2H,(H,11,12). The number of H-pyrrole nitrogens is 1. The van der Waals surface area contributed by atoms with Crippen molar-refractivity contribution < 1.29 is 4.79 Å². The molecule has 0 aliphatic carbocycles. The van der Waals surface area contributed by atoms with Crippen LogP contribution in [0.25, 0.3) is 11.0 Å². The first-order chi connectivity index (χ1) is 6.22. The number of rotatable bonds is 1. The fourth-order valence-corrected chi connectivity index (χ4v) is 1.74. The number of hydrogen-bond acceptors (Lipinski definition) is 3. The Hall–Kier alpha value is -0.690. The zero-order valence-corrected chi connectivity index (χ0v) is 9.13. The molecule has 2 rings (SSSR count). The van der Waals surface area contributed by atoms with E-state index in [1.807, 2.05) is 22.6 Å². The molecule has 0 aromatic carbocycles. The van der Waals surface area contributed by atoms with Crippen LogP contribution in [-0.4, -0.2) is 21.5 Å². The molecule has 4 nitrogen and oxygen atoms in total. The van der Waals surface area contributed by atoms with E-state index >= 15 is 0 Å². The SMILES string of the molecule is O=Cc1cc(Cl)c2n[nH]c(I)c2n1. The monoisotopic (exact) mass is 307 g/mol. The van der Waals surface area contributed by atoms with Crippen LogP contribution in [0.1, 0.15) is 10.5 Å². The van der Waals surface area contributed by atoms with Gasteiger partial charge in [0, 0.05) is 0 Å². The maximum Gasteiger partial charge on any atom is 0.168 e. The molecular weight excluding hydrogens is 304 g/mol. The molecule has 0 fully saturated rings. The van der Waals surface area contributed by atoms with Crippen LogP contribution in [0.15, 0.2) is 6.07 Å². The molecule has 0 aliphatic heterocycles. The van der Waals surface area contributed by atoms with Crippen molar-refractivity contribution in [3.05, 3.63) is 20.5 Å². The molecule has 0 unspecified atom stereocenters. The molecule has 0 spiro atoms. The lowest BCUT2D eigenvalue weighted by molar-refractivity contribution is 0.111. The maximum atomic E-state index is 10.5. The van der Waals surface area contributed by atoms with Crippen LogP contribution < -0.4 is 0 Å². The summed E-state index contributed by atoms with van der Waals surface area (Å²) in [6.07, 6.45) is 0.661. The summed E-state index contributed by atoms with van der Waals surface area (Å²) in [4.78, 5) is 14.5. The number of hydrogen-bond donors (Lipinski definition) is 1. The Kier molecular flexibility index (Phi) is 2.20. The Morgan fingerprint density at radius 2 is 2.31 bits per heavy atom. The van der Waals surface area contributed by atoms with Crippen LogP contribution in [-0.2, 0) is 0 Å². The van der Waals surface area contributed by atoms with Crippen LogP contribution in [0, 0.1) is 3.70 Å². The van der Waals surface area contributed by atoms with E-state index in [1.165, 1.54) is 6.07 Å². The highest BCUT2D eigenvalue weighted by atomic mass is 127. The summed E-state index contributed by atoms with van der Waals surface area (Å²) in [6.45, 7) is 0. The molecule has 2 aromatic rings. The van der Waals surface area contributed by atoms with Gasteiger partial charge in [0.25, 0.3) is 0 Å². The van der Waals surface area contributed by atoms with E-state index in [2.05, 4.69) is 15.2 Å². The Labute approximate surface area is 91.8 Å². The topological polar surface area (TPSA) is 58.6 Å². The third kappa shape index (κ3) is 1.42. The number of carbonyl (C=O) groups is 1. The smallest absolute Gasteiger partial charge is 0.168 e. The van der Waals surface area contributed by atoms with Crippen molar-refractivity contribution in [2.75, 3.05) is 0 Å². The van der Waals surface area contributed by atoms with Crippen LogP contribution in [0.2, 0.25) is 5.02 Å². The Morgan fingerprint density at radius 1 is 1.54 bits per heavy atom. The molecule has 0 aliphatic rings. The van der Waals surface area contributed by atoms with Gasteiger partial charge in [0.15, 0.2) is 6.29 Å². The Bertz CT molecular complexity index is 482. The summed E-state index contributed by atoms with van der Waals surface area (Å²) in [6, 6.07) is 1.49. The van der Waals surface area contributed by atoms with Crippen molar-refractivity contribution in [2.24, 2.45) is 0 Å². The zero-order chi connectivity index (χ0) is 9.42. The number of nitrogens with one attached hydrogen (secondary N) is 1. The normalized spacial score (nSPS) is 10.6. The molecule has 13 heavy (non-hydrogen) atoms. The van der Waals surface area contributed by atoms with Crippen molar-refractivity contribution in [1.82, 2.24) is 15.2 Å². The quantitative estimate of drug-likeness (QED) is 0.648. The highest BCUT2D eigenvalue weighted by Crippen LogP contribution is 2.23. The average molecular weight is 307 g/mol. The predicted octanol–water partition coefficient (Wildman–Crippen LogP) is 2.03. The largest absolute Gasteiger partial charge is 0.296 e. The summed E-state index contributed by atoms with van der Waals surface area (Å²) in [5.41, 5.74) is 1.55. The van der Waals surface area contributed by atoms with Crippen molar-refractivity contribution >= 4 is 51.5 Å². The molecule has 0 saturated heterocycles. The van der Waals surface area contributed by atoms with Crippen LogP contribution in [0.5, 0.6) is 0 Å². The minimum absolute atomic E-state index is 0.316. The lowest BCUT2D eigenvalue weighted by atomic mass is 10.3. The minimum atomic E-state index is 0.316. The second kappa shape index (κ2) is 3.22. The Balaban J connectivity index is 2.87. The number of carbonyl (C=O) groups excluding carboxylic acids is 1. The van der Waals surface area contributed by atoms with Crippen molar-refractivity contribution in [2.45, 2.75) is 0 Å². The van der Waals surface area contributed by atoms with Crippen molar-refractivity contribution in [1.29, 1.82) is 0 Å². The fraction of sp³-hybridized carbons (Fsp3) is 0. The average Bonchev–Trinajstić information content (AvgIpc) is 2.48. The second-order valence-electron chi connectivity index (χ2n) is 2.38. The first kappa shape index (κ1) is 8.89. The number of pyridine rings is 1. The van der Waals surface area contributed by atoms with Gasteiger partial charge >= 0.3 is 0 Å². The molecular formula is C7H3ClIN3O. The van der Waals surface area contributed by atoms with E-state index in [0.29, 0.717) is 28.0 Å². The van der Waals surface area contributed by atoms with Gasteiger partial charge in [-0.15, -0.1) is 0 Å². The molecule has 2 heterocycles. The molecule has 66 valence electrons. The summed E-state index contributed by atoms with van der Waals surface area (Å²) in [5.74, 6) is 0.